The molecule has 0 atom stereocenters. The largest absolute Gasteiger partial charge is 0.0622 e. The molecular formula is C36H66. The van der Waals surface area contributed by atoms with E-state index in [1.165, 1.54) is 77.0 Å². The van der Waals surface area contributed by atoms with Gasteiger partial charge in [0.2, 0.25) is 0 Å². The lowest BCUT2D eigenvalue weighted by Gasteiger charge is -2.75. The summed E-state index contributed by atoms with van der Waals surface area (Å²) in [5.74, 6) is 5.54. The first-order chi connectivity index (χ1) is 16.5. The van der Waals surface area contributed by atoms with Crippen molar-refractivity contribution in [3.63, 3.8) is 0 Å². The van der Waals surface area contributed by atoms with Gasteiger partial charge in [0.1, 0.15) is 0 Å². The van der Waals surface area contributed by atoms with E-state index in [0.717, 1.165) is 68.0 Å². The van der Waals surface area contributed by atoms with Crippen molar-refractivity contribution in [2.45, 2.75) is 160 Å². The van der Waals surface area contributed by atoms with E-state index < -0.39 is 0 Å². The summed E-state index contributed by atoms with van der Waals surface area (Å²) in [6, 6.07) is 0. The summed E-state index contributed by atoms with van der Waals surface area (Å²) in [5, 5.41) is 0. The van der Waals surface area contributed by atoms with Gasteiger partial charge in [-0.15, -0.1) is 0 Å². The monoisotopic (exact) mass is 499 g/mol. The number of rotatable bonds is 6. The molecule has 0 heteroatoms. The molecule has 0 heterocycles. The van der Waals surface area contributed by atoms with Gasteiger partial charge in [-0.05, 0) is 145 Å². The van der Waals surface area contributed by atoms with Gasteiger partial charge in [-0.25, -0.2) is 0 Å². The zero-order valence-corrected chi connectivity index (χ0v) is 26.9. The first-order valence-corrected chi connectivity index (χ1v) is 16.5. The minimum Gasteiger partial charge on any atom is -0.0622 e. The van der Waals surface area contributed by atoms with E-state index in [1.807, 2.05) is 0 Å². The first-order valence-electron chi connectivity index (χ1n) is 16.5. The second-order valence-electron chi connectivity index (χ2n) is 17.7. The van der Waals surface area contributed by atoms with Gasteiger partial charge in [0.05, 0.1) is 0 Å². The highest BCUT2D eigenvalue weighted by Gasteiger charge is 2.69. The highest BCUT2D eigenvalue weighted by atomic mass is 14.7. The van der Waals surface area contributed by atoms with Crippen molar-refractivity contribution >= 4 is 0 Å². The van der Waals surface area contributed by atoms with Gasteiger partial charge in [-0.1, -0.05) is 83.1 Å². The van der Waals surface area contributed by atoms with E-state index in [9.17, 15) is 0 Å². The summed E-state index contributed by atoms with van der Waals surface area (Å²) in [5.41, 5.74) is 4.69. The van der Waals surface area contributed by atoms with Crippen molar-refractivity contribution in [1.29, 1.82) is 0 Å². The molecule has 0 aromatic heterocycles. The third-order valence-corrected chi connectivity index (χ3v) is 14.9. The van der Waals surface area contributed by atoms with Crippen LogP contribution in [0.3, 0.4) is 0 Å². The van der Waals surface area contributed by atoms with Crippen LogP contribution in [-0.2, 0) is 0 Å². The lowest BCUT2D eigenvalue weighted by molar-refractivity contribution is -0.252. The molecule has 36 heavy (non-hydrogen) atoms. The van der Waals surface area contributed by atoms with Crippen LogP contribution < -0.4 is 0 Å². The predicted molar refractivity (Wildman–Crippen MR) is 159 cm³/mol. The molecule has 0 nitrogen and oxygen atoms in total. The van der Waals surface area contributed by atoms with Crippen molar-refractivity contribution in [2.75, 3.05) is 0 Å². The summed E-state index contributed by atoms with van der Waals surface area (Å²) < 4.78 is 0. The quantitative estimate of drug-likeness (QED) is 0.341. The van der Waals surface area contributed by atoms with Crippen molar-refractivity contribution in [2.24, 2.45) is 68.0 Å². The molecule has 8 fully saturated rings. The van der Waals surface area contributed by atoms with Crippen molar-refractivity contribution in [1.82, 2.24) is 0 Å². The van der Waals surface area contributed by atoms with Crippen LogP contribution >= 0.6 is 0 Å². The van der Waals surface area contributed by atoms with E-state index in [2.05, 4.69) is 83.1 Å². The molecule has 0 spiro atoms. The molecular weight excluding hydrogens is 432 g/mol. The molecule has 210 valence electrons. The van der Waals surface area contributed by atoms with Crippen LogP contribution in [0.25, 0.3) is 0 Å². The fraction of sp³-hybridized carbons (Fsp3) is 1.00. The molecule has 0 unspecified atom stereocenters. The smallest absolute Gasteiger partial charge is 0.0258 e. The van der Waals surface area contributed by atoms with Crippen LogP contribution in [0.4, 0.5) is 0 Å². The van der Waals surface area contributed by atoms with Crippen LogP contribution in [-0.4, -0.2) is 0 Å². The highest BCUT2D eigenvalue weighted by Crippen LogP contribution is 2.78. The topological polar surface area (TPSA) is 0 Å². The fourth-order valence-electron chi connectivity index (χ4n) is 10.6. The Morgan fingerprint density at radius 3 is 0.583 bits per heavy atom. The number of hydrogen-bond donors (Lipinski definition) is 0. The number of hydrogen-bond acceptors (Lipinski definition) is 0. The maximum atomic E-state index is 2.43. The minimum absolute atomic E-state index is 0.754. The normalized spacial score (nSPS) is 45.5. The maximum Gasteiger partial charge on any atom is -0.0258 e. The van der Waals surface area contributed by atoms with Gasteiger partial charge in [-0.3, -0.25) is 0 Å². The lowest BCUT2D eigenvalue weighted by Crippen LogP contribution is -2.66. The first kappa shape index (κ1) is 29.0. The molecule has 6 bridgehead atoms. The summed E-state index contributed by atoms with van der Waals surface area (Å²) >= 11 is 0. The second kappa shape index (κ2) is 9.29. The van der Waals surface area contributed by atoms with Crippen molar-refractivity contribution in [3.05, 3.63) is 0 Å². The summed E-state index contributed by atoms with van der Waals surface area (Å²) in [6.45, 7) is 28.9. The molecule has 8 saturated carbocycles. The van der Waals surface area contributed by atoms with Crippen LogP contribution in [0.5, 0.6) is 0 Å². The standard InChI is InChI=1S/C13H24.C12H22.C11H20/c1-10(2)12-5-7-13(9-12,8-6-12)11(3)4;1-9(2)11-5-6-12(7-11,8-11)10(3)4;1-8(2)10-5-11(6-10,7-10)9(3)4/h10-11H,5-9H2,1-4H3;9-10H,5-8H2,1-4H3;8-9H,5-7H2,1-4H3. The van der Waals surface area contributed by atoms with Crippen LogP contribution in [0.2, 0.25) is 0 Å². The van der Waals surface area contributed by atoms with Crippen LogP contribution in [0.15, 0.2) is 0 Å². The molecule has 0 saturated heterocycles. The zero-order chi connectivity index (χ0) is 26.9. The molecule has 0 aromatic rings. The predicted octanol–water partition coefficient (Wildman–Crippen LogP) is 11.6. The van der Waals surface area contributed by atoms with Gasteiger partial charge in [-0.2, -0.15) is 0 Å². The van der Waals surface area contributed by atoms with Gasteiger partial charge < -0.3 is 0 Å². The van der Waals surface area contributed by atoms with Gasteiger partial charge in [0, 0.05) is 0 Å². The molecule has 0 N–H and O–H groups in total. The van der Waals surface area contributed by atoms with E-state index >= 15 is 0 Å². The Labute approximate surface area is 227 Å². The summed E-state index contributed by atoms with van der Waals surface area (Å²) in [7, 11) is 0. The Bertz CT molecular complexity index is 680. The van der Waals surface area contributed by atoms with Gasteiger partial charge >= 0.3 is 0 Å². The minimum atomic E-state index is 0.754. The highest BCUT2D eigenvalue weighted by molar-refractivity contribution is 5.18. The average Bonchev–Trinajstić information content (AvgIpc) is 3.44. The fourth-order valence-corrected chi connectivity index (χ4v) is 10.6. The Hall–Kier alpha value is 0. The molecule has 0 amide bonds. The van der Waals surface area contributed by atoms with Gasteiger partial charge in [0.15, 0.2) is 0 Å². The van der Waals surface area contributed by atoms with E-state index in [0.29, 0.717) is 0 Å². The molecule has 8 aliphatic carbocycles. The SMILES string of the molecule is CC(C)C12CC(C(C)C)(C1)C2.CC(C)C12CCC(C(C)C)(C1)C2.CC(C)C12CCC(C(C)C)(CC1)C2. The Balaban J connectivity index is 0.000000127. The van der Waals surface area contributed by atoms with Gasteiger partial charge in [0.25, 0.3) is 0 Å². The second-order valence-corrected chi connectivity index (χ2v) is 17.7. The molecule has 0 aliphatic heterocycles. The van der Waals surface area contributed by atoms with Crippen molar-refractivity contribution < 1.29 is 0 Å². The third kappa shape index (κ3) is 4.28. The lowest BCUT2D eigenvalue weighted by atomic mass is 9.30. The van der Waals surface area contributed by atoms with Crippen molar-refractivity contribution in [3.8, 4) is 0 Å². The average molecular weight is 499 g/mol. The van der Waals surface area contributed by atoms with Crippen LogP contribution in [0.1, 0.15) is 160 Å². The van der Waals surface area contributed by atoms with E-state index in [1.54, 1.807) is 0 Å². The summed E-state index contributed by atoms with van der Waals surface area (Å²) in [6.07, 6.45) is 18.3. The molecule has 8 aliphatic rings. The van der Waals surface area contributed by atoms with E-state index in [-0.39, 0.29) is 0 Å². The summed E-state index contributed by atoms with van der Waals surface area (Å²) in [4.78, 5) is 0. The molecule has 0 aromatic carbocycles. The molecule has 8 rings (SSSR count). The van der Waals surface area contributed by atoms with Crippen LogP contribution in [0, 0.1) is 68.0 Å². The Morgan fingerprint density at radius 1 is 0.250 bits per heavy atom. The van der Waals surface area contributed by atoms with E-state index in [4.69, 9.17) is 0 Å². The molecule has 0 radical (unpaired) electrons. The maximum absolute atomic E-state index is 2.43. The zero-order valence-electron chi connectivity index (χ0n) is 26.9. The third-order valence-electron chi connectivity index (χ3n) is 14.9. The Morgan fingerprint density at radius 2 is 0.417 bits per heavy atom. The Kier molecular flexibility index (Phi) is 7.48. The number of fused-ring (bicyclic) bond motifs is 3.